The molecule has 0 saturated heterocycles. The van der Waals surface area contributed by atoms with Crippen molar-refractivity contribution >= 4 is 27.4 Å². The van der Waals surface area contributed by atoms with Gasteiger partial charge in [-0.2, -0.15) is 8.42 Å². The number of aromatic nitrogens is 3. The molecule has 0 aliphatic carbocycles. The number of halogens is 1. The molecule has 0 saturated carbocycles. The second-order valence-corrected chi connectivity index (χ2v) is 8.35. The third-order valence-corrected chi connectivity index (χ3v) is 5.13. The zero-order valence-corrected chi connectivity index (χ0v) is 14.6. The maximum atomic E-state index is 13.0. The molecule has 0 spiro atoms. The summed E-state index contributed by atoms with van der Waals surface area (Å²) < 4.78 is 28.7. The summed E-state index contributed by atoms with van der Waals surface area (Å²) in [6.07, 6.45) is 2.93. The molecule has 2 aromatic heterocycles. The van der Waals surface area contributed by atoms with E-state index in [4.69, 9.17) is 11.6 Å². The van der Waals surface area contributed by atoms with Gasteiger partial charge in [-0.1, -0.05) is 38.4 Å². The van der Waals surface area contributed by atoms with Crippen molar-refractivity contribution in [2.45, 2.75) is 25.8 Å². The van der Waals surface area contributed by atoms with Crippen LogP contribution in [0.4, 0.5) is 5.82 Å². The van der Waals surface area contributed by atoms with Crippen LogP contribution in [0, 0.1) is 5.41 Å². The third-order valence-electron chi connectivity index (χ3n) is 2.89. The Hall–Kier alpha value is -1.60. The van der Waals surface area contributed by atoms with Crippen molar-refractivity contribution in [1.29, 1.82) is 0 Å². The first-order valence-electron chi connectivity index (χ1n) is 6.73. The molecule has 0 N–H and O–H groups in total. The maximum absolute atomic E-state index is 13.0. The van der Waals surface area contributed by atoms with E-state index in [0.29, 0.717) is 5.82 Å². The molecule has 0 unspecified atom stereocenters. The number of imidazole rings is 1. The van der Waals surface area contributed by atoms with E-state index in [0.717, 1.165) is 0 Å². The summed E-state index contributed by atoms with van der Waals surface area (Å²) in [5, 5.41) is -0.0820. The highest BCUT2D eigenvalue weighted by molar-refractivity contribution is 7.92. The molecule has 0 aromatic carbocycles. The van der Waals surface area contributed by atoms with E-state index in [9.17, 15) is 8.42 Å². The maximum Gasteiger partial charge on any atom is 0.286 e. The minimum atomic E-state index is -3.89. The SMILES string of the molecule is Cn1cnc(S(=O)(=O)N(CC(C)(C)C)c2ccccn2)c1Cl. The summed E-state index contributed by atoms with van der Waals surface area (Å²) in [6, 6.07) is 5.13. The van der Waals surface area contributed by atoms with Gasteiger partial charge in [-0.3, -0.25) is 0 Å². The zero-order chi connectivity index (χ0) is 16.5. The topological polar surface area (TPSA) is 68.1 Å². The average Bonchev–Trinajstić information content (AvgIpc) is 2.77. The van der Waals surface area contributed by atoms with Gasteiger partial charge in [-0.15, -0.1) is 0 Å². The Labute approximate surface area is 135 Å². The number of pyridine rings is 1. The summed E-state index contributed by atoms with van der Waals surface area (Å²) >= 11 is 6.07. The van der Waals surface area contributed by atoms with Crippen molar-refractivity contribution in [3.8, 4) is 0 Å². The van der Waals surface area contributed by atoms with Crippen LogP contribution in [0.1, 0.15) is 20.8 Å². The molecule has 2 heterocycles. The number of sulfonamides is 1. The quantitative estimate of drug-likeness (QED) is 0.856. The Balaban J connectivity index is 2.56. The van der Waals surface area contributed by atoms with Gasteiger partial charge in [0.25, 0.3) is 10.0 Å². The smallest absolute Gasteiger partial charge is 0.286 e. The number of hydrogen-bond acceptors (Lipinski definition) is 4. The Morgan fingerprint density at radius 2 is 1.95 bits per heavy atom. The molecule has 0 radical (unpaired) electrons. The van der Waals surface area contributed by atoms with Crippen molar-refractivity contribution in [1.82, 2.24) is 14.5 Å². The number of aryl methyl sites for hydroxylation is 1. The van der Waals surface area contributed by atoms with Gasteiger partial charge in [0, 0.05) is 19.8 Å². The van der Waals surface area contributed by atoms with Crippen molar-refractivity contribution < 1.29 is 8.42 Å². The lowest BCUT2D eigenvalue weighted by Gasteiger charge is -2.29. The van der Waals surface area contributed by atoms with E-state index in [1.807, 2.05) is 20.8 Å². The molecular weight excluding hydrogens is 324 g/mol. The first-order valence-corrected chi connectivity index (χ1v) is 8.55. The van der Waals surface area contributed by atoms with E-state index in [-0.39, 0.29) is 22.1 Å². The summed E-state index contributed by atoms with van der Waals surface area (Å²) in [7, 11) is -2.25. The molecule has 6 nitrogen and oxygen atoms in total. The first-order chi connectivity index (χ1) is 10.1. The lowest BCUT2D eigenvalue weighted by molar-refractivity contribution is 0.425. The van der Waals surface area contributed by atoms with Gasteiger partial charge in [0.1, 0.15) is 11.0 Å². The standard InChI is InChI=1S/C14H19ClN4O2S/c1-14(2,3)9-19(11-7-5-6-8-16-11)22(20,21)13-12(15)18(4)10-17-13/h5-8,10H,9H2,1-4H3. The molecule has 2 rings (SSSR count). The second-order valence-electron chi connectivity index (χ2n) is 6.21. The Kier molecular flexibility index (Phi) is 4.49. The van der Waals surface area contributed by atoms with Crippen molar-refractivity contribution in [2.24, 2.45) is 12.5 Å². The molecule has 120 valence electrons. The minimum Gasteiger partial charge on any atom is -0.324 e. The van der Waals surface area contributed by atoms with E-state index in [2.05, 4.69) is 9.97 Å². The summed E-state index contributed by atoms with van der Waals surface area (Å²) in [5.74, 6) is 0.346. The van der Waals surface area contributed by atoms with Crippen LogP contribution in [0.15, 0.2) is 35.7 Å². The fourth-order valence-electron chi connectivity index (χ4n) is 1.89. The molecule has 2 aromatic rings. The Morgan fingerprint density at radius 3 is 2.41 bits per heavy atom. The fourth-order valence-corrected chi connectivity index (χ4v) is 3.93. The molecule has 0 atom stereocenters. The molecule has 0 fully saturated rings. The molecule has 22 heavy (non-hydrogen) atoms. The van der Waals surface area contributed by atoms with Gasteiger partial charge in [0.05, 0.1) is 6.33 Å². The van der Waals surface area contributed by atoms with Crippen molar-refractivity contribution in [2.75, 3.05) is 10.8 Å². The van der Waals surface area contributed by atoms with Crippen LogP contribution in [0.5, 0.6) is 0 Å². The van der Waals surface area contributed by atoms with Crippen molar-refractivity contribution in [3.05, 3.63) is 35.9 Å². The molecule has 0 aliphatic rings. The van der Waals surface area contributed by atoms with Gasteiger partial charge < -0.3 is 4.57 Å². The monoisotopic (exact) mass is 342 g/mol. The predicted octanol–water partition coefficient (Wildman–Crippen LogP) is 2.71. The van der Waals surface area contributed by atoms with Crippen LogP contribution in [0.25, 0.3) is 0 Å². The highest BCUT2D eigenvalue weighted by Gasteiger charge is 2.33. The van der Waals surface area contributed by atoms with E-state index >= 15 is 0 Å². The van der Waals surface area contributed by atoms with Gasteiger partial charge in [-0.05, 0) is 17.5 Å². The van der Waals surface area contributed by atoms with Gasteiger partial charge >= 0.3 is 0 Å². The number of nitrogens with zero attached hydrogens (tertiary/aromatic N) is 4. The highest BCUT2D eigenvalue weighted by Crippen LogP contribution is 2.29. The summed E-state index contributed by atoms with van der Waals surface area (Å²) in [4.78, 5) is 8.10. The van der Waals surface area contributed by atoms with Crippen LogP contribution in [0.3, 0.4) is 0 Å². The molecule has 8 heteroatoms. The fraction of sp³-hybridized carbons (Fsp3) is 0.429. The van der Waals surface area contributed by atoms with Crippen LogP contribution < -0.4 is 4.31 Å². The normalized spacial score (nSPS) is 12.4. The molecule has 0 amide bonds. The van der Waals surface area contributed by atoms with Crippen LogP contribution in [-0.4, -0.2) is 29.5 Å². The molecule has 0 bridgehead atoms. The van der Waals surface area contributed by atoms with E-state index in [1.54, 1.807) is 31.4 Å². The van der Waals surface area contributed by atoms with Gasteiger partial charge in [0.15, 0.2) is 0 Å². The van der Waals surface area contributed by atoms with E-state index in [1.165, 1.54) is 15.2 Å². The van der Waals surface area contributed by atoms with Crippen LogP contribution >= 0.6 is 11.6 Å². The summed E-state index contributed by atoms with van der Waals surface area (Å²) in [5.41, 5.74) is -0.258. The number of anilines is 1. The third kappa shape index (κ3) is 3.41. The zero-order valence-electron chi connectivity index (χ0n) is 13.0. The number of hydrogen-bond donors (Lipinski definition) is 0. The highest BCUT2D eigenvalue weighted by atomic mass is 35.5. The largest absolute Gasteiger partial charge is 0.324 e. The minimum absolute atomic E-state index is 0.0786. The lowest BCUT2D eigenvalue weighted by atomic mass is 9.97. The number of rotatable bonds is 4. The molecule has 0 aliphatic heterocycles. The second kappa shape index (κ2) is 5.89. The Bertz CT molecular complexity index is 751. The van der Waals surface area contributed by atoms with Crippen LogP contribution in [0.2, 0.25) is 5.15 Å². The average molecular weight is 343 g/mol. The lowest BCUT2D eigenvalue weighted by Crippen LogP contribution is -2.38. The van der Waals surface area contributed by atoms with Gasteiger partial charge in [0.2, 0.25) is 5.03 Å². The van der Waals surface area contributed by atoms with Gasteiger partial charge in [-0.25, -0.2) is 14.3 Å². The molecular formula is C14H19ClN4O2S. The van der Waals surface area contributed by atoms with Crippen LogP contribution in [-0.2, 0) is 17.1 Å². The predicted molar refractivity (Wildman–Crippen MR) is 86.4 cm³/mol. The Morgan fingerprint density at radius 1 is 1.27 bits per heavy atom. The first kappa shape index (κ1) is 16.8. The van der Waals surface area contributed by atoms with E-state index < -0.39 is 10.0 Å². The van der Waals surface area contributed by atoms with Crippen molar-refractivity contribution in [3.63, 3.8) is 0 Å². The summed E-state index contributed by atoms with van der Waals surface area (Å²) in [6.45, 7) is 6.13.